The third-order valence-electron chi connectivity index (χ3n) is 4.15. The molecule has 0 aliphatic carbocycles. The lowest BCUT2D eigenvalue weighted by Crippen LogP contribution is -2.39. The SMILES string of the molecule is CC(C)COCCCNC(=O)N(C)[C@H](C)c1ccc(-n2cncn2)cc1. The molecule has 0 saturated heterocycles. The van der Waals surface area contributed by atoms with Gasteiger partial charge in [0, 0.05) is 26.8 Å². The number of urea groups is 1. The number of hydrogen-bond acceptors (Lipinski definition) is 4. The van der Waals surface area contributed by atoms with Crippen molar-refractivity contribution in [1.29, 1.82) is 0 Å². The molecule has 0 radical (unpaired) electrons. The number of rotatable bonds is 9. The summed E-state index contributed by atoms with van der Waals surface area (Å²) in [7, 11) is 1.81. The summed E-state index contributed by atoms with van der Waals surface area (Å²) in [6, 6.07) is 7.84. The summed E-state index contributed by atoms with van der Waals surface area (Å²) < 4.78 is 7.22. The van der Waals surface area contributed by atoms with Crippen molar-refractivity contribution in [3.8, 4) is 5.69 Å². The third kappa shape index (κ3) is 5.84. The normalized spacial score (nSPS) is 12.2. The lowest BCUT2D eigenvalue weighted by molar-refractivity contribution is 0.107. The van der Waals surface area contributed by atoms with E-state index in [4.69, 9.17) is 4.74 Å². The van der Waals surface area contributed by atoms with Gasteiger partial charge in [0.2, 0.25) is 0 Å². The molecule has 0 saturated carbocycles. The summed E-state index contributed by atoms with van der Waals surface area (Å²) in [6.45, 7) is 8.29. The predicted octanol–water partition coefficient (Wildman–Crippen LogP) is 3.03. The van der Waals surface area contributed by atoms with E-state index in [0.717, 1.165) is 24.3 Å². The minimum absolute atomic E-state index is 0.0306. The van der Waals surface area contributed by atoms with Crippen molar-refractivity contribution in [2.45, 2.75) is 33.2 Å². The molecule has 2 rings (SSSR count). The fourth-order valence-corrected chi connectivity index (χ4v) is 2.46. The van der Waals surface area contributed by atoms with Crippen molar-refractivity contribution in [2.24, 2.45) is 5.92 Å². The van der Waals surface area contributed by atoms with Gasteiger partial charge in [0.15, 0.2) is 0 Å². The molecule has 0 unspecified atom stereocenters. The number of nitrogens with one attached hydrogen (secondary N) is 1. The highest BCUT2D eigenvalue weighted by Crippen LogP contribution is 2.20. The second-order valence-corrected chi connectivity index (χ2v) is 6.77. The van der Waals surface area contributed by atoms with Gasteiger partial charge in [0.25, 0.3) is 0 Å². The van der Waals surface area contributed by atoms with Crippen molar-refractivity contribution in [2.75, 3.05) is 26.8 Å². The average molecular weight is 359 g/mol. The van der Waals surface area contributed by atoms with Crippen LogP contribution in [0.2, 0.25) is 0 Å². The number of hydrogen-bond donors (Lipinski definition) is 1. The van der Waals surface area contributed by atoms with Gasteiger partial charge in [-0.05, 0) is 37.0 Å². The predicted molar refractivity (Wildman–Crippen MR) is 101 cm³/mol. The molecule has 0 bridgehead atoms. The maximum absolute atomic E-state index is 12.3. The molecule has 2 amide bonds. The van der Waals surface area contributed by atoms with Crippen LogP contribution in [0.15, 0.2) is 36.9 Å². The molecule has 0 aliphatic heterocycles. The Morgan fingerprint density at radius 2 is 2.00 bits per heavy atom. The molecule has 1 aromatic heterocycles. The topological polar surface area (TPSA) is 72.3 Å². The van der Waals surface area contributed by atoms with E-state index in [0.29, 0.717) is 19.1 Å². The number of amides is 2. The van der Waals surface area contributed by atoms with Crippen LogP contribution in [0.3, 0.4) is 0 Å². The Hall–Kier alpha value is -2.41. The van der Waals surface area contributed by atoms with E-state index < -0.39 is 0 Å². The summed E-state index contributed by atoms with van der Waals surface area (Å²) in [5, 5.41) is 7.05. The van der Waals surface area contributed by atoms with Crippen molar-refractivity contribution < 1.29 is 9.53 Å². The van der Waals surface area contributed by atoms with Crippen LogP contribution in [0, 0.1) is 5.92 Å². The second kappa shape index (κ2) is 9.91. The number of carbonyl (C=O) groups excluding carboxylic acids is 1. The zero-order chi connectivity index (χ0) is 18.9. The molecule has 142 valence electrons. The van der Waals surface area contributed by atoms with Gasteiger partial charge in [-0.15, -0.1) is 0 Å². The first-order valence-electron chi connectivity index (χ1n) is 9.02. The van der Waals surface area contributed by atoms with Gasteiger partial charge < -0.3 is 15.0 Å². The van der Waals surface area contributed by atoms with Gasteiger partial charge in [0.05, 0.1) is 11.7 Å². The van der Waals surface area contributed by atoms with Crippen LogP contribution in [0.5, 0.6) is 0 Å². The number of carbonyl (C=O) groups is 1. The first kappa shape index (κ1) is 19.9. The van der Waals surface area contributed by atoms with Crippen molar-refractivity contribution in [3.63, 3.8) is 0 Å². The van der Waals surface area contributed by atoms with E-state index in [-0.39, 0.29) is 12.1 Å². The smallest absolute Gasteiger partial charge is 0.317 e. The summed E-state index contributed by atoms with van der Waals surface area (Å²) >= 11 is 0. The van der Waals surface area contributed by atoms with Gasteiger partial charge in [-0.3, -0.25) is 0 Å². The summed E-state index contributed by atoms with van der Waals surface area (Å²) in [6.07, 6.45) is 3.97. The number of nitrogens with zero attached hydrogens (tertiary/aromatic N) is 4. The monoisotopic (exact) mass is 359 g/mol. The van der Waals surface area contributed by atoms with Gasteiger partial charge in [0.1, 0.15) is 12.7 Å². The van der Waals surface area contributed by atoms with Crippen LogP contribution in [0.1, 0.15) is 38.8 Å². The summed E-state index contributed by atoms with van der Waals surface area (Å²) in [5.41, 5.74) is 2.00. The Morgan fingerprint density at radius 1 is 1.27 bits per heavy atom. The molecule has 7 nitrogen and oxygen atoms in total. The van der Waals surface area contributed by atoms with E-state index in [9.17, 15) is 4.79 Å². The fourth-order valence-electron chi connectivity index (χ4n) is 2.46. The van der Waals surface area contributed by atoms with Gasteiger partial charge in [-0.2, -0.15) is 5.10 Å². The zero-order valence-corrected chi connectivity index (χ0v) is 16.1. The van der Waals surface area contributed by atoms with Crippen molar-refractivity contribution in [1.82, 2.24) is 25.0 Å². The maximum atomic E-state index is 12.3. The van der Waals surface area contributed by atoms with Crippen LogP contribution < -0.4 is 5.32 Å². The minimum Gasteiger partial charge on any atom is -0.381 e. The average Bonchev–Trinajstić information content (AvgIpc) is 3.17. The Bertz CT molecular complexity index is 655. The Morgan fingerprint density at radius 3 is 2.62 bits per heavy atom. The number of benzene rings is 1. The highest BCUT2D eigenvalue weighted by Gasteiger charge is 2.17. The van der Waals surface area contributed by atoms with Crippen LogP contribution in [-0.2, 0) is 4.74 Å². The highest BCUT2D eigenvalue weighted by molar-refractivity contribution is 5.74. The van der Waals surface area contributed by atoms with Gasteiger partial charge in [-0.1, -0.05) is 26.0 Å². The maximum Gasteiger partial charge on any atom is 0.317 e. The lowest BCUT2D eigenvalue weighted by atomic mass is 10.1. The Labute approximate surface area is 155 Å². The van der Waals surface area contributed by atoms with E-state index in [1.807, 2.05) is 31.2 Å². The fraction of sp³-hybridized carbons (Fsp3) is 0.526. The zero-order valence-electron chi connectivity index (χ0n) is 16.1. The molecule has 1 atom stereocenters. The van der Waals surface area contributed by atoms with E-state index in [1.54, 1.807) is 23.0 Å². The molecule has 1 heterocycles. The van der Waals surface area contributed by atoms with E-state index >= 15 is 0 Å². The van der Waals surface area contributed by atoms with Crippen LogP contribution >= 0.6 is 0 Å². The van der Waals surface area contributed by atoms with Crippen LogP contribution in [-0.4, -0.2) is 52.5 Å². The van der Waals surface area contributed by atoms with Crippen LogP contribution in [0.4, 0.5) is 4.79 Å². The van der Waals surface area contributed by atoms with Crippen molar-refractivity contribution in [3.05, 3.63) is 42.5 Å². The molecular weight excluding hydrogens is 330 g/mol. The molecule has 0 aliphatic rings. The number of ether oxygens (including phenoxy) is 1. The molecule has 0 fully saturated rings. The molecule has 7 heteroatoms. The van der Waals surface area contributed by atoms with Crippen LogP contribution in [0.25, 0.3) is 5.69 Å². The highest BCUT2D eigenvalue weighted by atomic mass is 16.5. The lowest BCUT2D eigenvalue weighted by Gasteiger charge is -2.25. The molecule has 1 N–H and O–H groups in total. The largest absolute Gasteiger partial charge is 0.381 e. The molecule has 1 aromatic carbocycles. The Balaban J connectivity index is 1.78. The van der Waals surface area contributed by atoms with Gasteiger partial charge >= 0.3 is 6.03 Å². The van der Waals surface area contributed by atoms with E-state index in [1.165, 1.54) is 6.33 Å². The Kier molecular flexibility index (Phi) is 7.59. The molecule has 0 spiro atoms. The van der Waals surface area contributed by atoms with Crippen molar-refractivity contribution >= 4 is 6.03 Å². The van der Waals surface area contributed by atoms with Gasteiger partial charge in [-0.25, -0.2) is 14.5 Å². The molecule has 2 aromatic rings. The first-order valence-corrected chi connectivity index (χ1v) is 9.02. The van der Waals surface area contributed by atoms with E-state index in [2.05, 4.69) is 29.2 Å². The first-order chi connectivity index (χ1) is 12.5. The number of aromatic nitrogens is 3. The molecular formula is C19H29N5O2. The second-order valence-electron chi connectivity index (χ2n) is 6.77. The minimum atomic E-state index is -0.0817. The quantitative estimate of drug-likeness (QED) is 0.699. The summed E-state index contributed by atoms with van der Waals surface area (Å²) in [4.78, 5) is 18.0. The molecule has 26 heavy (non-hydrogen) atoms. The third-order valence-corrected chi connectivity index (χ3v) is 4.15. The summed E-state index contributed by atoms with van der Waals surface area (Å²) in [5.74, 6) is 0.535. The standard InChI is InChI=1S/C19H29N5O2/c1-15(2)12-26-11-5-10-21-19(25)23(4)16(3)17-6-8-18(9-7-17)24-14-20-13-22-24/h6-9,13-16H,5,10-12H2,1-4H3,(H,21,25)/t16-/m1/s1.